The molecule has 0 bridgehead atoms. The van der Waals surface area contributed by atoms with Crippen molar-refractivity contribution in [2.75, 3.05) is 12.3 Å². The second kappa shape index (κ2) is 4.79. The van der Waals surface area contributed by atoms with Gasteiger partial charge in [-0.25, -0.2) is 5.84 Å². The summed E-state index contributed by atoms with van der Waals surface area (Å²) in [4.78, 5) is 0. The molecule has 3 nitrogen and oxygen atoms in total. The third-order valence-corrected chi connectivity index (χ3v) is 1.32. The zero-order valence-corrected chi connectivity index (χ0v) is 7.34. The van der Waals surface area contributed by atoms with Crippen molar-refractivity contribution < 1.29 is 9.22 Å². The van der Waals surface area contributed by atoms with E-state index < -0.39 is 0 Å². The SMILES string of the molecule is COc1ccccc1N(N)F.Cl. The molecule has 0 heterocycles. The van der Waals surface area contributed by atoms with Crippen LogP contribution in [-0.4, -0.2) is 7.11 Å². The van der Waals surface area contributed by atoms with Crippen LogP contribution >= 0.6 is 12.4 Å². The van der Waals surface area contributed by atoms with Crippen LogP contribution in [0.2, 0.25) is 0 Å². The zero-order valence-electron chi connectivity index (χ0n) is 6.53. The van der Waals surface area contributed by atoms with Crippen LogP contribution in [0.1, 0.15) is 0 Å². The first-order valence-electron chi connectivity index (χ1n) is 3.09. The number of hydrazine groups is 1. The summed E-state index contributed by atoms with van der Waals surface area (Å²) in [6.07, 6.45) is 0. The van der Waals surface area contributed by atoms with Crippen molar-refractivity contribution >= 4 is 18.1 Å². The van der Waals surface area contributed by atoms with Gasteiger partial charge in [0.05, 0.1) is 7.11 Å². The molecule has 12 heavy (non-hydrogen) atoms. The standard InChI is InChI=1S/C7H9FN2O.ClH/c1-11-7-5-3-2-4-6(7)10(8)9;/h2-5H,9H2,1H3;1H. The average Bonchev–Trinajstić information content (AvgIpc) is 2.04. The molecule has 0 aromatic heterocycles. The van der Waals surface area contributed by atoms with Crippen LogP contribution < -0.4 is 15.8 Å². The Labute approximate surface area is 76.2 Å². The molecule has 0 unspecified atom stereocenters. The predicted molar refractivity (Wildman–Crippen MR) is 48.0 cm³/mol. The summed E-state index contributed by atoms with van der Waals surface area (Å²) in [6, 6.07) is 6.58. The number of para-hydroxylation sites is 2. The second-order valence-electron chi connectivity index (χ2n) is 1.98. The van der Waals surface area contributed by atoms with Crippen LogP contribution in [0.5, 0.6) is 5.75 Å². The number of hydrogen-bond acceptors (Lipinski definition) is 3. The van der Waals surface area contributed by atoms with E-state index in [1.54, 1.807) is 18.2 Å². The van der Waals surface area contributed by atoms with E-state index in [9.17, 15) is 4.48 Å². The topological polar surface area (TPSA) is 38.5 Å². The first-order chi connectivity index (χ1) is 5.25. The smallest absolute Gasteiger partial charge is 0.146 e. The molecule has 2 N–H and O–H groups in total. The van der Waals surface area contributed by atoms with E-state index in [0.29, 0.717) is 5.75 Å². The summed E-state index contributed by atoms with van der Waals surface area (Å²) in [6.45, 7) is 0. The van der Waals surface area contributed by atoms with Crippen LogP contribution in [0.25, 0.3) is 0 Å². The van der Waals surface area contributed by atoms with Gasteiger partial charge < -0.3 is 4.74 Å². The van der Waals surface area contributed by atoms with Gasteiger partial charge in [0.1, 0.15) is 11.4 Å². The molecule has 0 amide bonds. The van der Waals surface area contributed by atoms with Gasteiger partial charge in [-0.3, -0.25) is 0 Å². The molecule has 0 saturated heterocycles. The van der Waals surface area contributed by atoms with Crippen LogP contribution in [0.4, 0.5) is 10.2 Å². The average molecular weight is 193 g/mol. The Bertz CT molecular complexity index is 245. The second-order valence-corrected chi connectivity index (χ2v) is 1.98. The molecule has 5 heteroatoms. The molecule has 68 valence electrons. The van der Waals surface area contributed by atoms with Gasteiger partial charge in [-0.2, -0.15) is 0 Å². The molecule has 0 aliphatic rings. The molecule has 0 atom stereocenters. The molecule has 1 aromatic rings. The molecule has 0 fully saturated rings. The van der Waals surface area contributed by atoms with Crippen molar-refractivity contribution in [3.63, 3.8) is 0 Å². The van der Waals surface area contributed by atoms with Crippen LogP contribution in [0.3, 0.4) is 0 Å². The number of anilines is 1. The van der Waals surface area contributed by atoms with E-state index in [1.807, 2.05) is 0 Å². The van der Waals surface area contributed by atoms with Gasteiger partial charge in [0.25, 0.3) is 0 Å². The summed E-state index contributed by atoms with van der Waals surface area (Å²) in [5.74, 6) is 5.29. The third-order valence-electron chi connectivity index (χ3n) is 1.32. The number of rotatable bonds is 2. The zero-order chi connectivity index (χ0) is 8.27. The Morgan fingerprint density at radius 2 is 2.00 bits per heavy atom. The van der Waals surface area contributed by atoms with E-state index in [4.69, 9.17) is 10.6 Å². The lowest BCUT2D eigenvalue weighted by molar-refractivity contribution is 0.393. The van der Waals surface area contributed by atoms with Gasteiger partial charge in [-0.05, 0) is 12.1 Å². The lowest BCUT2D eigenvalue weighted by atomic mass is 10.3. The Morgan fingerprint density at radius 3 is 2.42 bits per heavy atom. The Balaban J connectivity index is 0.00000121. The molecule has 0 aliphatic carbocycles. The first kappa shape index (κ1) is 11.0. The van der Waals surface area contributed by atoms with Gasteiger partial charge in [0, 0.05) is 0 Å². The fraction of sp³-hybridized carbons (Fsp3) is 0.143. The number of nitrogens with zero attached hydrogens (tertiary/aromatic N) is 1. The van der Waals surface area contributed by atoms with Gasteiger partial charge in [0.15, 0.2) is 0 Å². The monoisotopic (exact) mass is 192 g/mol. The first-order valence-corrected chi connectivity index (χ1v) is 3.09. The molecule has 0 saturated carbocycles. The fourth-order valence-electron chi connectivity index (χ4n) is 0.806. The molecule has 0 radical (unpaired) electrons. The molecule has 0 aliphatic heterocycles. The third kappa shape index (κ3) is 2.25. The quantitative estimate of drug-likeness (QED) is 0.440. The molecular formula is C7H10ClFN2O. The maximum Gasteiger partial charge on any atom is 0.146 e. The Kier molecular flexibility index (Phi) is 4.39. The number of halogens is 2. The number of methoxy groups -OCH3 is 1. The van der Waals surface area contributed by atoms with Crippen molar-refractivity contribution in [2.45, 2.75) is 0 Å². The van der Waals surface area contributed by atoms with Gasteiger partial charge in [-0.1, -0.05) is 16.6 Å². The molecule has 1 rings (SSSR count). The van der Waals surface area contributed by atoms with Crippen molar-refractivity contribution in [1.82, 2.24) is 0 Å². The van der Waals surface area contributed by atoms with Crippen LogP contribution in [-0.2, 0) is 0 Å². The minimum atomic E-state index is 0. The van der Waals surface area contributed by atoms with E-state index in [0.717, 1.165) is 0 Å². The number of benzene rings is 1. The van der Waals surface area contributed by atoms with Crippen molar-refractivity contribution in [3.8, 4) is 5.75 Å². The van der Waals surface area contributed by atoms with Crippen molar-refractivity contribution in [3.05, 3.63) is 24.3 Å². The van der Waals surface area contributed by atoms with E-state index in [1.165, 1.54) is 13.2 Å². The highest BCUT2D eigenvalue weighted by atomic mass is 35.5. The summed E-state index contributed by atoms with van der Waals surface area (Å²) in [7, 11) is 1.46. The molecule has 0 spiro atoms. The number of nitrogens with two attached hydrogens (primary N) is 1. The Hall–Kier alpha value is -1.00. The maximum absolute atomic E-state index is 12.4. The largest absolute Gasteiger partial charge is 0.494 e. The summed E-state index contributed by atoms with van der Waals surface area (Å²) >= 11 is 0. The van der Waals surface area contributed by atoms with E-state index >= 15 is 0 Å². The van der Waals surface area contributed by atoms with Gasteiger partial charge >= 0.3 is 0 Å². The highest BCUT2D eigenvalue weighted by Gasteiger charge is 2.05. The highest BCUT2D eigenvalue weighted by Crippen LogP contribution is 2.25. The predicted octanol–water partition coefficient (Wildman–Crippen LogP) is 1.68. The highest BCUT2D eigenvalue weighted by molar-refractivity contribution is 5.85. The summed E-state index contributed by atoms with van der Waals surface area (Å²) in [5, 5.41) is 0.0266. The van der Waals surface area contributed by atoms with E-state index in [-0.39, 0.29) is 23.3 Å². The minimum absolute atomic E-state index is 0. The number of ether oxygens (including phenoxy) is 1. The maximum atomic E-state index is 12.4. The fourth-order valence-corrected chi connectivity index (χ4v) is 0.806. The van der Waals surface area contributed by atoms with Gasteiger partial charge in [-0.15, -0.1) is 17.6 Å². The van der Waals surface area contributed by atoms with Gasteiger partial charge in [0.2, 0.25) is 0 Å². The van der Waals surface area contributed by atoms with Crippen LogP contribution in [0, 0.1) is 0 Å². The van der Waals surface area contributed by atoms with Crippen molar-refractivity contribution in [1.29, 1.82) is 0 Å². The molecular weight excluding hydrogens is 183 g/mol. The van der Waals surface area contributed by atoms with Crippen molar-refractivity contribution in [2.24, 2.45) is 5.84 Å². The number of hydrogen-bond donors (Lipinski definition) is 1. The summed E-state index contributed by atoms with van der Waals surface area (Å²) in [5.41, 5.74) is 0.218. The summed E-state index contributed by atoms with van der Waals surface area (Å²) < 4.78 is 17.3. The van der Waals surface area contributed by atoms with E-state index in [2.05, 4.69) is 0 Å². The Morgan fingerprint density at radius 1 is 1.42 bits per heavy atom. The minimum Gasteiger partial charge on any atom is -0.494 e. The molecule has 1 aromatic carbocycles. The normalized spacial score (nSPS) is 8.58. The lowest BCUT2D eigenvalue weighted by Crippen LogP contribution is -2.20. The lowest BCUT2D eigenvalue weighted by Gasteiger charge is -2.10. The van der Waals surface area contributed by atoms with Crippen LogP contribution in [0.15, 0.2) is 24.3 Å².